The van der Waals surface area contributed by atoms with Gasteiger partial charge in [-0.05, 0) is 28.8 Å². The molecule has 2 aliphatic rings. The van der Waals surface area contributed by atoms with Gasteiger partial charge in [-0.15, -0.1) is 0 Å². The van der Waals surface area contributed by atoms with Gasteiger partial charge in [-0.2, -0.15) is 4.98 Å². The summed E-state index contributed by atoms with van der Waals surface area (Å²) in [7, 11) is 0. The summed E-state index contributed by atoms with van der Waals surface area (Å²) in [6.45, 7) is 1.24. The van der Waals surface area contributed by atoms with Gasteiger partial charge in [0.2, 0.25) is 17.7 Å². The van der Waals surface area contributed by atoms with Crippen molar-refractivity contribution in [3.63, 3.8) is 0 Å². The lowest BCUT2D eigenvalue weighted by atomic mass is 10.0. The molecule has 28 heavy (non-hydrogen) atoms. The van der Waals surface area contributed by atoms with Crippen LogP contribution in [0.1, 0.15) is 40.2 Å². The molecular formula is C18H20N6O4. The number of nitrogens with zero attached hydrogens (tertiary/aromatic N) is 3. The maximum absolute atomic E-state index is 12.7. The van der Waals surface area contributed by atoms with Crippen molar-refractivity contribution >= 4 is 23.7 Å². The summed E-state index contributed by atoms with van der Waals surface area (Å²) in [5.41, 5.74) is 7.84. The van der Waals surface area contributed by atoms with Gasteiger partial charge in [-0.1, -0.05) is 12.1 Å². The van der Waals surface area contributed by atoms with E-state index in [0.717, 1.165) is 11.1 Å². The number of hydrogen-bond acceptors (Lipinski definition) is 8. The molecule has 4 N–H and O–H groups in total. The van der Waals surface area contributed by atoms with Gasteiger partial charge in [-0.3, -0.25) is 19.7 Å². The highest BCUT2D eigenvalue weighted by atomic mass is 16.5. The first-order chi connectivity index (χ1) is 13.5. The minimum atomic E-state index is -0.612. The molecule has 3 amide bonds. The molecule has 1 atom stereocenters. The van der Waals surface area contributed by atoms with Crippen molar-refractivity contribution in [1.29, 1.82) is 0 Å². The Balaban J connectivity index is 1.43. The molecule has 3 heterocycles. The average molecular weight is 384 g/mol. The number of amides is 3. The van der Waals surface area contributed by atoms with E-state index < -0.39 is 11.9 Å². The van der Waals surface area contributed by atoms with Crippen molar-refractivity contribution in [1.82, 2.24) is 20.4 Å². The monoisotopic (exact) mass is 384 g/mol. The van der Waals surface area contributed by atoms with Gasteiger partial charge in [0.25, 0.3) is 11.9 Å². The second-order valence-corrected chi connectivity index (χ2v) is 6.80. The van der Waals surface area contributed by atoms with E-state index in [1.807, 2.05) is 12.1 Å². The maximum atomic E-state index is 12.7. The second-order valence-electron chi connectivity index (χ2n) is 6.80. The SMILES string of the molecule is NCCc1nc(NCc2ccc3c(c2)CN(C2CCC(=O)NC2=O)C3=O)no1. The number of carbonyl (C=O) groups excluding carboxylic acids is 3. The number of carbonyl (C=O) groups is 3. The Kier molecular flexibility index (Phi) is 4.78. The number of aromatic nitrogens is 2. The quantitative estimate of drug-likeness (QED) is 0.588. The van der Waals surface area contributed by atoms with Crippen molar-refractivity contribution in [3.8, 4) is 0 Å². The van der Waals surface area contributed by atoms with Gasteiger partial charge in [0, 0.05) is 38.0 Å². The fraction of sp³-hybridized carbons (Fsp3) is 0.389. The summed E-state index contributed by atoms with van der Waals surface area (Å²) in [5, 5.41) is 9.21. The van der Waals surface area contributed by atoms with E-state index in [1.165, 1.54) is 4.90 Å². The second kappa shape index (κ2) is 7.39. The molecule has 10 heteroatoms. The standard InChI is InChI=1S/C18H20N6O4/c19-6-5-15-22-18(23-28-15)20-8-10-1-2-12-11(7-10)9-24(17(12)27)13-3-4-14(25)21-16(13)26/h1-2,7,13H,3-6,8-9,19H2,(H,20,23)(H,21,25,26). The van der Waals surface area contributed by atoms with Crippen molar-refractivity contribution in [2.75, 3.05) is 11.9 Å². The van der Waals surface area contributed by atoms with Crippen molar-refractivity contribution < 1.29 is 18.9 Å². The summed E-state index contributed by atoms with van der Waals surface area (Å²) in [4.78, 5) is 41.8. The van der Waals surface area contributed by atoms with Crippen LogP contribution in [0.15, 0.2) is 22.7 Å². The number of nitrogens with one attached hydrogen (secondary N) is 2. The summed E-state index contributed by atoms with van der Waals surface area (Å²) >= 11 is 0. The van der Waals surface area contributed by atoms with Crippen LogP contribution < -0.4 is 16.4 Å². The number of hydrogen-bond donors (Lipinski definition) is 3. The zero-order valence-corrected chi connectivity index (χ0v) is 15.1. The Morgan fingerprint density at radius 1 is 1.32 bits per heavy atom. The van der Waals surface area contributed by atoms with Crippen LogP contribution >= 0.6 is 0 Å². The average Bonchev–Trinajstić information content (AvgIpc) is 3.25. The summed E-state index contributed by atoms with van der Waals surface area (Å²) in [5.74, 6) is -0.0391. The third-order valence-corrected chi connectivity index (χ3v) is 4.86. The van der Waals surface area contributed by atoms with Crippen molar-refractivity contribution in [2.24, 2.45) is 5.73 Å². The number of fused-ring (bicyclic) bond motifs is 1. The van der Waals surface area contributed by atoms with E-state index in [2.05, 4.69) is 20.8 Å². The highest BCUT2D eigenvalue weighted by Crippen LogP contribution is 2.28. The van der Waals surface area contributed by atoms with E-state index in [0.29, 0.717) is 49.9 Å². The van der Waals surface area contributed by atoms with E-state index in [4.69, 9.17) is 10.3 Å². The molecule has 0 radical (unpaired) electrons. The molecule has 1 aromatic carbocycles. The molecule has 10 nitrogen and oxygen atoms in total. The molecule has 0 aliphatic carbocycles. The van der Waals surface area contributed by atoms with Gasteiger partial charge in [0.05, 0.1) is 0 Å². The lowest BCUT2D eigenvalue weighted by Gasteiger charge is -2.29. The Morgan fingerprint density at radius 2 is 2.18 bits per heavy atom. The number of piperidine rings is 1. The van der Waals surface area contributed by atoms with Crippen LogP contribution in [0.5, 0.6) is 0 Å². The molecule has 4 rings (SSSR count). The summed E-state index contributed by atoms with van der Waals surface area (Å²) in [6, 6.07) is 4.92. The predicted molar refractivity (Wildman–Crippen MR) is 96.9 cm³/mol. The molecule has 2 aromatic rings. The molecule has 1 unspecified atom stereocenters. The lowest BCUT2D eigenvalue weighted by molar-refractivity contribution is -0.136. The first-order valence-electron chi connectivity index (χ1n) is 9.08. The van der Waals surface area contributed by atoms with E-state index in [1.54, 1.807) is 6.07 Å². The molecule has 1 aromatic heterocycles. The maximum Gasteiger partial charge on any atom is 0.263 e. The van der Waals surface area contributed by atoms with Crippen molar-refractivity contribution in [3.05, 3.63) is 40.8 Å². The Bertz CT molecular complexity index is 940. The topological polar surface area (TPSA) is 143 Å². The van der Waals surface area contributed by atoms with E-state index >= 15 is 0 Å². The number of nitrogens with two attached hydrogens (primary N) is 1. The smallest absolute Gasteiger partial charge is 0.263 e. The van der Waals surface area contributed by atoms with Crippen LogP contribution in [-0.4, -0.2) is 45.3 Å². The largest absolute Gasteiger partial charge is 0.348 e. The number of anilines is 1. The van der Waals surface area contributed by atoms with Crippen molar-refractivity contribution in [2.45, 2.75) is 38.4 Å². The molecule has 1 saturated heterocycles. The molecule has 0 bridgehead atoms. The molecule has 2 aliphatic heterocycles. The number of rotatable bonds is 6. The molecular weight excluding hydrogens is 364 g/mol. The Hall–Kier alpha value is -3.27. The van der Waals surface area contributed by atoms with Crippen LogP contribution in [-0.2, 0) is 29.1 Å². The van der Waals surface area contributed by atoms with Crippen LogP contribution in [0.4, 0.5) is 5.95 Å². The lowest BCUT2D eigenvalue weighted by Crippen LogP contribution is -2.52. The fourth-order valence-electron chi connectivity index (χ4n) is 3.47. The Morgan fingerprint density at radius 3 is 2.96 bits per heavy atom. The Labute approximate surface area is 160 Å². The van der Waals surface area contributed by atoms with Gasteiger partial charge in [-0.25, -0.2) is 0 Å². The van der Waals surface area contributed by atoms with Gasteiger partial charge < -0.3 is 20.5 Å². The highest BCUT2D eigenvalue weighted by molar-refractivity contribution is 6.05. The normalized spacial score (nSPS) is 19.0. The number of imide groups is 1. The zero-order chi connectivity index (χ0) is 19.7. The first-order valence-corrected chi connectivity index (χ1v) is 9.08. The summed E-state index contributed by atoms with van der Waals surface area (Å²) in [6.07, 6.45) is 1.11. The van der Waals surface area contributed by atoms with Crippen LogP contribution in [0.3, 0.4) is 0 Å². The van der Waals surface area contributed by atoms with E-state index in [-0.39, 0.29) is 18.2 Å². The predicted octanol–water partition coefficient (Wildman–Crippen LogP) is -0.0561. The van der Waals surface area contributed by atoms with Crippen LogP contribution in [0, 0.1) is 0 Å². The summed E-state index contributed by atoms with van der Waals surface area (Å²) < 4.78 is 5.06. The third-order valence-electron chi connectivity index (χ3n) is 4.86. The van der Waals surface area contributed by atoms with Gasteiger partial charge in [0.15, 0.2) is 0 Å². The molecule has 1 fully saturated rings. The fourth-order valence-corrected chi connectivity index (χ4v) is 3.47. The first kappa shape index (κ1) is 18.1. The minimum absolute atomic E-state index is 0.186. The van der Waals surface area contributed by atoms with Gasteiger partial charge >= 0.3 is 0 Å². The molecule has 146 valence electrons. The third kappa shape index (κ3) is 3.46. The minimum Gasteiger partial charge on any atom is -0.348 e. The van der Waals surface area contributed by atoms with Crippen LogP contribution in [0.25, 0.3) is 0 Å². The van der Waals surface area contributed by atoms with E-state index in [9.17, 15) is 14.4 Å². The number of benzene rings is 1. The van der Waals surface area contributed by atoms with Crippen LogP contribution in [0.2, 0.25) is 0 Å². The van der Waals surface area contributed by atoms with Gasteiger partial charge in [0.1, 0.15) is 6.04 Å². The highest BCUT2D eigenvalue weighted by Gasteiger charge is 2.38. The molecule has 0 spiro atoms. The zero-order valence-electron chi connectivity index (χ0n) is 15.1. The molecule has 0 saturated carbocycles.